The number of hydrogen-bond acceptors (Lipinski definition) is 4. The molecule has 0 aliphatic rings. The Morgan fingerprint density at radius 3 is 2.69 bits per heavy atom. The Morgan fingerprint density at radius 2 is 1.97 bits per heavy atom. The minimum atomic E-state index is -0.409. The molecule has 0 saturated carbocycles. The Balaban J connectivity index is 1.67. The summed E-state index contributed by atoms with van der Waals surface area (Å²) < 4.78 is 25.8. The fourth-order valence-electron chi connectivity index (χ4n) is 3.48. The zero-order valence-corrected chi connectivity index (χ0v) is 19.9. The topological polar surface area (TPSA) is 60.0 Å². The molecule has 2 aromatic heterocycles. The average Bonchev–Trinajstić information content (AvgIpc) is 3.29. The van der Waals surface area contributed by atoms with Gasteiger partial charge in [0, 0.05) is 23.4 Å². The Bertz CT molecular complexity index is 1430. The Hall–Kier alpha value is -4.37. The molecule has 4 aromatic rings. The summed E-state index contributed by atoms with van der Waals surface area (Å²) in [4.78, 5) is 12.3. The van der Waals surface area contributed by atoms with Crippen molar-refractivity contribution >= 4 is 16.7 Å². The third-order valence-electron chi connectivity index (χ3n) is 5.18. The number of nitrogens with one attached hydrogen (secondary N) is 1. The van der Waals surface area contributed by atoms with Crippen LogP contribution in [0.2, 0.25) is 0 Å². The standard InChI is InChI=1S/C29H26FN3O2/c1-5-21(14-23(30)6-2)22-15-26-29(31-17-22)33-28(32-26)25-13-12-24(16-27(25)35-19(3)4)34-18-20-10-8-7-9-11-20/h1,6-17,19H,18H2,2-4H3,(H,31,32,33)/b21-14+,23-6+. The van der Waals surface area contributed by atoms with Crippen LogP contribution in [0.3, 0.4) is 0 Å². The summed E-state index contributed by atoms with van der Waals surface area (Å²) in [6, 6.07) is 17.4. The highest BCUT2D eigenvalue weighted by molar-refractivity contribution is 5.85. The van der Waals surface area contributed by atoms with E-state index in [1.165, 1.54) is 12.2 Å². The summed E-state index contributed by atoms with van der Waals surface area (Å²) in [6.07, 6.45) is 9.80. The Kier molecular flexibility index (Phi) is 7.27. The molecule has 0 aliphatic heterocycles. The maximum absolute atomic E-state index is 13.8. The van der Waals surface area contributed by atoms with Crippen molar-refractivity contribution in [1.82, 2.24) is 15.0 Å². The zero-order chi connectivity index (χ0) is 24.8. The normalized spacial score (nSPS) is 12.1. The van der Waals surface area contributed by atoms with Crippen LogP contribution in [-0.2, 0) is 6.61 Å². The molecule has 0 aliphatic carbocycles. The number of pyridine rings is 1. The van der Waals surface area contributed by atoms with E-state index in [4.69, 9.17) is 15.9 Å². The van der Waals surface area contributed by atoms with Gasteiger partial charge in [-0.25, -0.2) is 14.4 Å². The maximum Gasteiger partial charge on any atom is 0.178 e. The van der Waals surface area contributed by atoms with Gasteiger partial charge in [-0.1, -0.05) is 42.3 Å². The zero-order valence-electron chi connectivity index (χ0n) is 19.9. The number of halogens is 1. The molecule has 0 fully saturated rings. The van der Waals surface area contributed by atoms with Crippen molar-refractivity contribution in [3.63, 3.8) is 0 Å². The molecule has 0 bridgehead atoms. The quantitative estimate of drug-likeness (QED) is 0.227. The SMILES string of the molecule is C#C/C(=C\C(F)=C/C)c1cnc2nc(-c3ccc(OCc4ccccc4)cc3OC(C)C)[nH]c2c1. The van der Waals surface area contributed by atoms with Gasteiger partial charge in [0.15, 0.2) is 5.65 Å². The van der Waals surface area contributed by atoms with Gasteiger partial charge < -0.3 is 14.5 Å². The Labute approximate surface area is 204 Å². The molecule has 0 unspecified atom stereocenters. The van der Waals surface area contributed by atoms with Crippen molar-refractivity contribution in [3.8, 4) is 35.2 Å². The van der Waals surface area contributed by atoms with E-state index in [1.54, 1.807) is 13.1 Å². The van der Waals surface area contributed by atoms with Gasteiger partial charge in [0.2, 0.25) is 0 Å². The maximum atomic E-state index is 13.8. The van der Waals surface area contributed by atoms with E-state index in [1.807, 2.05) is 68.4 Å². The molecule has 2 aromatic carbocycles. The number of fused-ring (bicyclic) bond motifs is 1. The predicted molar refractivity (Wildman–Crippen MR) is 138 cm³/mol. The van der Waals surface area contributed by atoms with Gasteiger partial charge in [0.05, 0.1) is 17.2 Å². The summed E-state index contributed by atoms with van der Waals surface area (Å²) in [5.41, 5.74) is 4.08. The van der Waals surface area contributed by atoms with E-state index in [-0.39, 0.29) is 6.10 Å². The minimum Gasteiger partial charge on any atom is -0.490 e. The third kappa shape index (κ3) is 5.77. The molecule has 176 valence electrons. The van der Waals surface area contributed by atoms with E-state index < -0.39 is 5.83 Å². The Morgan fingerprint density at radius 1 is 1.17 bits per heavy atom. The minimum absolute atomic E-state index is 0.0444. The highest BCUT2D eigenvalue weighted by Gasteiger charge is 2.15. The van der Waals surface area contributed by atoms with E-state index in [0.29, 0.717) is 46.2 Å². The molecule has 4 rings (SSSR count). The summed E-state index contributed by atoms with van der Waals surface area (Å²) >= 11 is 0. The summed E-state index contributed by atoms with van der Waals surface area (Å²) in [5, 5.41) is 0. The molecule has 0 spiro atoms. The number of ether oxygens (including phenoxy) is 2. The van der Waals surface area contributed by atoms with Gasteiger partial charge in [-0.2, -0.15) is 0 Å². The van der Waals surface area contributed by atoms with Crippen LogP contribution in [0, 0.1) is 12.3 Å². The van der Waals surface area contributed by atoms with Crippen LogP contribution in [0.25, 0.3) is 28.1 Å². The van der Waals surface area contributed by atoms with Gasteiger partial charge >= 0.3 is 0 Å². The highest BCUT2D eigenvalue weighted by Crippen LogP contribution is 2.34. The molecule has 2 heterocycles. The van der Waals surface area contributed by atoms with Crippen molar-refractivity contribution in [3.05, 3.63) is 89.9 Å². The van der Waals surface area contributed by atoms with Gasteiger partial charge in [-0.3, -0.25) is 0 Å². The van der Waals surface area contributed by atoms with E-state index in [0.717, 1.165) is 11.1 Å². The first-order chi connectivity index (χ1) is 17.0. The second-order valence-electron chi connectivity index (χ2n) is 8.16. The van der Waals surface area contributed by atoms with Crippen molar-refractivity contribution < 1.29 is 13.9 Å². The number of benzene rings is 2. The number of allylic oxidation sites excluding steroid dienone is 4. The first-order valence-corrected chi connectivity index (χ1v) is 11.3. The number of aromatic nitrogens is 3. The number of H-pyrrole nitrogens is 1. The van der Waals surface area contributed by atoms with Crippen LogP contribution in [0.4, 0.5) is 4.39 Å². The highest BCUT2D eigenvalue weighted by atomic mass is 19.1. The smallest absolute Gasteiger partial charge is 0.178 e. The van der Waals surface area contributed by atoms with Gasteiger partial charge in [-0.05, 0) is 50.6 Å². The van der Waals surface area contributed by atoms with Crippen molar-refractivity contribution in [1.29, 1.82) is 0 Å². The van der Waals surface area contributed by atoms with Crippen LogP contribution in [0.1, 0.15) is 31.9 Å². The number of hydrogen-bond donors (Lipinski definition) is 1. The second kappa shape index (κ2) is 10.7. The third-order valence-corrected chi connectivity index (χ3v) is 5.18. The first kappa shape index (κ1) is 23.8. The number of nitrogens with zero attached hydrogens (tertiary/aromatic N) is 2. The summed E-state index contributed by atoms with van der Waals surface area (Å²) in [6.45, 7) is 5.99. The van der Waals surface area contributed by atoms with Crippen LogP contribution in [-0.4, -0.2) is 21.1 Å². The summed E-state index contributed by atoms with van der Waals surface area (Å²) in [7, 11) is 0. The predicted octanol–water partition coefficient (Wildman–Crippen LogP) is 6.88. The van der Waals surface area contributed by atoms with Crippen LogP contribution >= 0.6 is 0 Å². The molecule has 0 amide bonds. The van der Waals surface area contributed by atoms with Gasteiger partial charge in [-0.15, -0.1) is 6.42 Å². The van der Waals surface area contributed by atoms with Gasteiger partial charge in [0.1, 0.15) is 29.8 Å². The molecule has 1 N–H and O–H groups in total. The van der Waals surface area contributed by atoms with E-state index in [9.17, 15) is 4.39 Å². The van der Waals surface area contributed by atoms with Crippen molar-refractivity contribution in [2.75, 3.05) is 0 Å². The average molecular weight is 468 g/mol. The number of imidazole rings is 1. The van der Waals surface area contributed by atoms with Gasteiger partial charge in [0.25, 0.3) is 0 Å². The second-order valence-corrected chi connectivity index (χ2v) is 8.16. The van der Waals surface area contributed by atoms with Crippen LogP contribution in [0.15, 0.2) is 78.8 Å². The van der Waals surface area contributed by atoms with Crippen LogP contribution < -0.4 is 9.47 Å². The van der Waals surface area contributed by atoms with Crippen molar-refractivity contribution in [2.45, 2.75) is 33.5 Å². The number of terminal acetylenes is 1. The van der Waals surface area contributed by atoms with Crippen molar-refractivity contribution in [2.24, 2.45) is 0 Å². The lowest BCUT2D eigenvalue weighted by molar-refractivity contribution is 0.240. The lowest BCUT2D eigenvalue weighted by Gasteiger charge is -2.15. The largest absolute Gasteiger partial charge is 0.490 e. The molecule has 0 saturated heterocycles. The molecule has 0 radical (unpaired) electrons. The number of aromatic amines is 1. The lowest BCUT2D eigenvalue weighted by Crippen LogP contribution is -2.07. The monoisotopic (exact) mass is 467 g/mol. The number of rotatable bonds is 8. The fourth-order valence-corrected chi connectivity index (χ4v) is 3.48. The lowest BCUT2D eigenvalue weighted by atomic mass is 10.1. The molecular weight excluding hydrogens is 441 g/mol. The molecule has 5 nitrogen and oxygen atoms in total. The molecule has 0 atom stereocenters. The summed E-state index contributed by atoms with van der Waals surface area (Å²) in [5.74, 6) is 4.05. The van der Waals surface area contributed by atoms with E-state index >= 15 is 0 Å². The fraction of sp³-hybridized carbons (Fsp3) is 0.172. The molecule has 6 heteroatoms. The van der Waals surface area contributed by atoms with E-state index in [2.05, 4.69) is 20.9 Å². The first-order valence-electron chi connectivity index (χ1n) is 11.3. The molecule has 35 heavy (non-hydrogen) atoms. The molecular formula is C29H26FN3O2. The van der Waals surface area contributed by atoms with Crippen LogP contribution in [0.5, 0.6) is 11.5 Å².